The lowest BCUT2D eigenvalue weighted by molar-refractivity contribution is -0.146. The normalized spacial score (nSPS) is 20.6. The van der Waals surface area contributed by atoms with E-state index in [0.717, 1.165) is 13.1 Å². The second kappa shape index (κ2) is 8.19. The number of benzene rings is 2. The van der Waals surface area contributed by atoms with Crippen molar-refractivity contribution in [1.82, 2.24) is 9.80 Å². The summed E-state index contributed by atoms with van der Waals surface area (Å²) in [5.41, 5.74) is 7.14. The molecule has 25 heavy (non-hydrogen) atoms. The van der Waals surface area contributed by atoms with Crippen LogP contribution in [0.15, 0.2) is 42.5 Å². The summed E-state index contributed by atoms with van der Waals surface area (Å²) in [5.74, 6) is -0.169. The Labute approximate surface area is 153 Å². The molecule has 1 aliphatic rings. The van der Waals surface area contributed by atoms with Gasteiger partial charge < -0.3 is 10.8 Å². The van der Waals surface area contributed by atoms with Gasteiger partial charge in [0.2, 0.25) is 0 Å². The highest BCUT2D eigenvalue weighted by atomic mass is 32.1. The molecule has 6 heteroatoms. The first-order chi connectivity index (χ1) is 12.1. The van der Waals surface area contributed by atoms with Crippen LogP contribution in [0.25, 0.3) is 10.8 Å². The maximum atomic E-state index is 11.8. The Morgan fingerprint density at radius 1 is 1.24 bits per heavy atom. The van der Waals surface area contributed by atoms with Gasteiger partial charge >= 0.3 is 5.97 Å². The summed E-state index contributed by atoms with van der Waals surface area (Å²) in [5, 5.41) is 12.1. The fourth-order valence-electron chi connectivity index (χ4n) is 3.50. The number of fused-ring (bicyclic) bond motifs is 1. The highest BCUT2D eigenvalue weighted by Crippen LogP contribution is 2.22. The highest BCUT2D eigenvalue weighted by molar-refractivity contribution is 7.80. The average molecular weight is 359 g/mol. The molecule has 2 unspecified atom stereocenters. The minimum Gasteiger partial charge on any atom is -0.480 e. The standard InChI is InChI=1S/C19H25N3O2S/c20-16(13-25)11-21-8-9-22(18(12-21)19(23)24)10-15-6-3-5-14-4-1-2-7-17(14)15/h1-7,16,18,25H,8-13,20H2,(H,23,24). The molecule has 2 atom stereocenters. The van der Waals surface area contributed by atoms with E-state index in [-0.39, 0.29) is 6.04 Å². The molecule has 2 aromatic carbocycles. The number of hydrogen-bond acceptors (Lipinski definition) is 5. The smallest absolute Gasteiger partial charge is 0.322 e. The van der Waals surface area contributed by atoms with Crippen LogP contribution in [0.4, 0.5) is 0 Å². The predicted octanol–water partition coefficient (Wildman–Crippen LogP) is 1.67. The first kappa shape index (κ1) is 18.2. The molecule has 0 aromatic heterocycles. The molecule has 0 aliphatic carbocycles. The van der Waals surface area contributed by atoms with E-state index >= 15 is 0 Å². The number of hydrogen-bond donors (Lipinski definition) is 3. The van der Waals surface area contributed by atoms with Crippen LogP contribution in [0.2, 0.25) is 0 Å². The second-order valence-electron chi connectivity index (χ2n) is 6.67. The van der Waals surface area contributed by atoms with Crippen molar-refractivity contribution >= 4 is 29.4 Å². The molecule has 1 aliphatic heterocycles. The van der Waals surface area contributed by atoms with E-state index in [1.165, 1.54) is 16.3 Å². The van der Waals surface area contributed by atoms with Gasteiger partial charge in [0, 0.05) is 44.5 Å². The SMILES string of the molecule is NC(CS)CN1CCN(Cc2cccc3ccccc23)C(C(=O)O)C1. The van der Waals surface area contributed by atoms with E-state index in [1.807, 2.05) is 18.2 Å². The predicted molar refractivity (Wildman–Crippen MR) is 104 cm³/mol. The molecular weight excluding hydrogens is 334 g/mol. The Balaban J connectivity index is 1.76. The van der Waals surface area contributed by atoms with E-state index in [2.05, 4.69) is 46.7 Å². The number of piperazine rings is 1. The molecule has 1 heterocycles. The molecule has 0 saturated carbocycles. The molecular formula is C19H25N3O2S. The molecule has 0 spiro atoms. The number of aliphatic carboxylic acids is 1. The van der Waals surface area contributed by atoms with Crippen molar-refractivity contribution in [1.29, 1.82) is 0 Å². The third-order valence-electron chi connectivity index (χ3n) is 4.84. The van der Waals surface area contributed by atoms with E-state index < -0.39 is 12.0 Å². The van der Waals surface area contributed by atoms with Crippen molar-refractivity contribution in [3.63, 3.8) is 0 Å². The van der Waals surface area contributed by atoms with Crippen LogP contribution < -0.4 is 5.73 Å². The number of carbonyl (C=O) groups is 1. The number of thiol groups is 1. The topological polar surface area (TPSA) is 69.8 Å². The Morgan fingerprint density at radius 2 is 2.00 bits per heavy atom. The van der Waals surface area contributed by atoms with Gasteiger partial charge in [-0.05, 0) is 16.3 Å². The van der Waals surface area contributed by atoms with Crippen molar-refractivity contribution in [2.45, 2.75) is 18.6 Å². The van der Waals surface area contributed by atoms with Crippen molar-refractivity contribution in [2.24, 2.45) is 5.73 Å². The van der Waals surface area contributed by atoms with Gasteiger partial charge in [0.25, 0.3) is 0 Å². The maximum Gasteiger partial charge on any atom is 0.322 e. The lowest BCUT2D eigenvalue weighted by Crippen LogP contribution is -2.57. The van der Waals surface area contributed by atoms with Crippen LogP contribution in [0.5, 0.6) is 0 Å². The molecule has 1 fully saturated rings. The van der Waals surface area contributed by atoms with Crippen LogP contribution in [-0.2, 0) is 11.3 Å². The van der Waals surface area contributed by atoms with Crippen molar-refractivity contribution in [2.75, 3.05) is 31.9 Å². The van der Waals surface area contributed by atoms with Crippen molar-refractivity contribution in [3.05, 3.63) is 48.0 Å². The van der Waals surface area contributed by atoms with Gasteiger partial charge in [-0.15, -0.1) is 0 Å². The zero-order chi connectivity index (χ0) is 17.8. The third-order valence-corrected chi connectivity index (χ3v) is 5.31. The minimum atomic E-state index is -0.774. The summed E-state index contributed by atoms with van der Waals surface area (Å²) >= 11 is 4.22. The molecule has 2 aromatic rings. The van der Waals surface area contributed by atoms with Gasteiger partial charge in [0.05, 0.1) is 0 Å². The molecule has 0 radical (unpaired) electrons. The van der Waals surface area contributed by atoms with Crippen LogP contribution >= 0.6 is 12.6 Å². The number of carboxylic acids is 1. The van der Waals surface area contributed by atoms with Crippen LogP contribution in [0, 0.1) is 0 Å². The maximum absolute atomic E-state index is 11.8. The summed E-state index contributed by atoms with van der Waals surface area (Å²) in [4.78, 5) is 16.0. The number of rotatable bonds is 6. The largest absolute Gasteiger partial charge is 0.480 e. The molecule has 3 N–H and O–H groups in total. The Morgan fingerprint density at radius 3 is 2.76 bits per heavy atom. The fraction of sp³-hybridized carbons (Fsp3) is 0.421. The summed E-state index contributed by atoms with van der Waals surface area (Å²) in [6.45, 7) is 3.39. The van der Waals surface area contributed by atoms with Crippen LogP contribution in [0.1, 0.15) is 5.56 Å². The summed E-state index contributed by atoms with van der Waals surface area (Å²) in [7, 11) is 0. The van der Waals surface area contributed by atoms with Gasteiger partial charge in [-0.1, -0.05) is 42.5 Å². The fourth-order valence-corrected chi connectivity index (χ4v) is 3.62. The van der Waals surface area contributed by atoms with E-state index in [9.17, 15) is 9.90 Å². The number of nitrogens with two attached hydrogens (primary N) is 1. The second-order valence-corrected chi connectivity index (χ2v) is 7.03. The van der Waals surface area contributed by atoms with Crippen LogP contribution in [0.3, 0.4) is 0 Å². The lowest BCUT2D eigenvalue weighted by Gasteiger charge is -2.40. The Hall–Kier alpha value is -1.60. The average Bonchev–Trinajstić information content (AvgIpc) is 2.63. The van der Waals surface area contributed by atoms with Crippen LogP contribution in [-0.4, -0.2) is 64.9 Å². The van der Waals surface area contributed by atoms with Gasteiger partial charge in [-0.25, -0.2) is 0 Å². The first-order valence-electron chi connectivity index (χ1n) is 8.60. The molecule has 0 bridgehead atoms. The minimum absolute atomic E-state index is 0.0256. The third kappa shape index (κ3) is 4.33. The van der Waals surface area contributed by atoms with Crippen molar-refractivity contribution < 1.29 is 9.90 Å². The summed E-state index contributed by atoms with van der Waals surface area (Å²) in [6, 6.07) is 13.9. The Bertz CT molecular complexity index is 734. The van der Waals surface area contributed by atoms with Gasteiger partial charge in [0.15, 0.2) is 0 Å². The molecule has 5 nitrogen and oxygen atoms in total. The van der Waals surface area contributed by atoms with Gasteiger partial charge in [-0.3, -0.25) is 14.6 Å². The Kier molecular flexibility index (Phi) is 5.96. The quantitative estimate of drug-likeness (QED) is 0.685. The molecule has 134 valence electrons. The van der Waals surface area contributed by atoms with Gasteiger partial charge in [0.1, 0.15) is 6.04 Å². The highest BCUT2D eigenvalue weighted by Gasteiger charge is 2.32. The zero-order valence-corrected chi connectivity index (χ0v) is 15.1. The van der Waals surface area contributed by atoms with E-state index in [1.54, 1.807) is 0 Å². The molecule has 1 saturated heterocycles. The lowest BCUT2D eigenvalue weighted by atomic mass is 10.0. The van der Waals surface area contributed by atoms with Crippen molar-refractivity contribution in [3.8, 4) is 0 Å². The first-order valence-corrected chi connectivity index (χ1v) is 9.24. The monoisotopic (exact) mass is 359 g/mol. The number of carboxylic acid groups (broad SMARTS) is 1. The van der Waals surface area contributed by atoms with E-state index in [4.69, 9.17) is 5.73 Å². The number of nitrogens with zero attached hydrogens (tertiary/aromatic N) is 2. The van der Waals surface area contributed by atoms with Gasteiger partial charge in [-0.2, -0.15) is 12.6 Å². The molecule has 0 amide bonds. The van der Waals surface area contributed by atoms with E-state index in [0.29, 0.717) is 25.4 Å². The molecule has 3 rings (SSSR count). The summed E-state index contributed by atoms with van der Waals surface area (Å²) in [6.07, 6.45) is 0. The summed E-state index contributed by atoms with van der Waals surface area (Å²) < 4.78 is 0. The zero-order valence-electron chi connectivity index (χ0n) is 14.2.